The van der Waals surface area contributed by atoms with Crippen LogP contribution in [0, 0.1) is 5.92 Å². The Morgan fingerprint density at radius 1 is 1.36 bits per heavy atom. The zero-order valence-corrected chi connectivity index (χ0v) is 14.4. The van der Waals surface area contributed by atoms with Crippen molar-refractivity contribution in [2.24, 2.45) is 5.92 Å². The number of H-pyrrole nitrogens is 1. The number of nitrogens with one attached hydrogen (secondary N) is 1. The number of piperidine rings is 2. The molecule has 4 heterocycles. The van der Waals surface area contributed by atoms with Crippen molar-refractivity contribution in [2.45, 2.75) is 37.1 Å². The van der Waals surface area contributed by atoms with Crippen molar-refractivity contribution in [3.63, 3.8) is 0 Å². The second-order valence-electron chi connectivity index (χ2n) is 7.67. The molecule has 4 bridgehead atoms. The van der Waals surface area contributed by atoms with Gasteiger partial charge in [-0.3, -0.25) is 14.5 Å². The summed E-state index contributed by atoms with van der Waals surface area (Å²) in [5, 5.41) is 1.20. The predicted octanol–water partition coefficient (Wildman–Crippen LogP) is 2.19. The molecule has 3 fully saturated rings. The summed E-state index contributed by atoms with van der Waals surface area (Å²) in [6.45, 7) is 1.73. The molecular weight excluding hydrogens is 316 g/mol. The van der Waals surface area contributed by atoms with Gasteiger partial charge >= 0.3 is 5.97 Å². The van der Waals surface area contributed by atoms with Crippen LogP contribution in [0.3, 0.4) is 0 Å². The minimum Gasteiger partial charge on any atom is -0.468 e. The Balaban J connectivity index is 1.81. The zero-order chi connectivity index (χ0) is 17.2. The first-order chi connectivity index (χ1) is 12.1. The average Bonchev–Trinajstić information content (AvgIpc) is 3.00. The summed E-state index contributed by atoms with van der Waals surface area (Å²) < 4.78 is 5.31. The predicted molar refractivity (Wildman–Crippen MR) is 93.4 cm³/mol. The molecule has 0 amide bonds. The highest BCUT2D eigenvalue weighted by molar-refractivity contribution is 5.95. The second-order valence-corrected chi connectivity index (χ2v) is 7.67. The van der Waals surface area contributed by atoms with Crippen LogP contribution >= 0.6 is 0 Å². The maximum atomic E-state index is 13.1. The van der Waals surface area contributed by atoms with Gasteiger partial charge < -0.3 is 9.72 Å². The minimum absolute atomic E-state index is 0.0681. The fourth-order valence-electron chi connectivity index (χ4n) is 5.51. The van der Waals surface area contributed by atoms with E-state index in [1.807, 2.05) is 12.1 Å². The molecule has 4 aliphatic rings. The van der Waals surface area contributed by atoms with E-state index in [1.165, 1.54) is 18.1 Å². The Bertz CT molecular complexity index is 886. The summed E-state index contributed by atoms with van der Waals surface area (Å²) in [7, 11) is 1.46. The van der Waals surface area contributed by atoms with Gasteiger partial charge in [0.25, 0.3) is 0 Å². The lowest BCUT2D eigenvalue weighted by atomic mass is 9.59. The van der Waals surface area contributed by atoms with Crippen LogP contribution in [0.4, 0.5) is 0 Å². The highest BCUT2D eigenvalue weighted by Gasteiger charge is 2.61. The first kappa shape index (κ1) is 15.1. The minimum atomic E-state index is -0.750. The highest BCUT2D eigenvalue weighted by atomic mass is 16.5. The van der Waals surface area contributed by atoms with Gasteiger partial charge in [-0.05, 0) is 37.4 Å². The number of para-hydroxylation sites is 1. The van der Waals surface area contributed by atoms with Crippen LogP contribution in [-0.2, 0) is 26.2 Å². The summed E-state index contributed by atoms with van der Waals surface area (Å²) in [4.78, 5) is 31.5. The molecule has 130 valence electrons. The molecule has 2 unspecified atom stereocenters. The van der Waals surface area contributed by atoms with Crippen molar-refractivity contribution < 1.29 is 14.3 Å². The number of nitrogens with zero attached hydrogens (tertiary/aromatic N) is 1. The zero-order valence-electron chi connectivity index (χ0n) is 14.4. The number of methoxy groups -OCH3 is 1. The molecule has 0 radical (unpaired) electrons. The number of hydrogen-bond acceptors (Lipinski definition) is 4. The lowest BCUT2D eigenvalue weighted by Crippen LogP contribution is -2.67. The van der Waals surface area contributed by atoms with Crippen LogP contribution in [0.25, 0.3) is 10.9 Å². The van der Waals surface area contributed by atoms with Crippen LogP contribution in [-0.4, -0.2) is 47.9 Å². The quantitative estimate of drug-likeness (QED) is 0.810. The van der Waals surface area contributed by atoms with Crippen molar-refractivity contribution >= 4 is 22.7 Å². The van der Waals surface area contributed by atoms with Gasteiger partial charge in [0.05, 0.1) is 7.11 Å². The second kappa shape index (κ2) is 5.18. The van der Waals surface area contributed by atoms with Gasteiger partial charge in [-0.25, -0.2) is 0 Å². The van der Waals surface area contributed by atoms with Crippen LogP contribution in [0.15, 0.2) is 24.3 Å². The summed E-state index contributed by atoms with van der Waals surface area (Å²) in [5.74, 6) is 0.0369. The lowest BCUT2D eigenvalue weighted by Gasteiger charge is -2.55. The number of carbonyl (C=O) groups excluding carboxylic acids is 2. The number of esters is 1. The van der Waals surface area contributed by atoms with Crippen molar-refractivity contribution in [2.75, 3.05) is 20.2 Å². The number of rotatable bonds is 1. The molecule has 0 spiro atoms. The number of carbonyl (C=O) groups is 2. The molecular formula is C20H22N2O3. The third-order valence-corrected chi connectivity index (χ3v) is 6.56. The van der Waals surface area contributed by atoms with E-state index in [9.17, 15) is 9.59 Å². The molecule has 1 aromatic heterocycles. The fraction of sp³-hybridized carbons (Fsp3) is 0.500. The SMILES string of the molecule is COC(=O)[C@]12C[C@H]3CN(CCCc4c1[nH]c1ccccc41)C2CC3=O. The summed E-state index contributed by atoms with van der Waals surface area (Å²) >= 11 is 0. The van der Waals surface area contributed by atoms with E-state index in [0.717, 1.165) is 37.1 Å². The van der Waals surface area contributed by atoms with Gasteiger partial charge in [0, 0.05) is 41.5 Å². The van der Waals surface area contributed by atoms with E-state index in [0.29, 0.717) is 18.6 Å². The molecule has 5 nitrogen and oxygen atoms in total. The summed E-state index contributed by atoms with van der Waals surface area (Å²) in [6, 6.07) is 8.16. The van der Waals surface area contributed by atoms with E-state index in [1.54, 1.807) is 0 Å². The first-order valence-corrected chi connectivity index (χ1v) is 9.10. The Kier molecular flexibility index (Phi) is 3.14. The molecule has 3 aliphatic heterocycles. The number of hydrogen-bond donors (Lipinski definition) is 1. The van der Waals surface area contributed by atoms with Gasteiger partial charge in [-0.2, -0.15) is 0 Å². The third-order valence-electron chi connectivity index (χ3n) is 6.56. The van der Waals surface area contributed by atoms with Crippen LogP contribution in [0.5, 0.6) is 0 Å². The number of benzene rings is 1. The molecule has 2 aromatic rings. The first-order valence-electron chi connectivity index (χ1n) is 9.10. The molecule has 5 heteroatoms. The maximum Gasteiger partial charge on any atom is 0.319 e. The van der Waals surface area contributed by atoms with Gasteiger partial charge in [0.1, 0.15) is 11.2 Å². The number of Topliss-reactive ketones (excluding diaryl/α,β-unsaturated/α-hetero) is 1. The van der Waals surface area contributed by atoms with Gasteiger partial charge in [0.2, 0.25) is 0 Å². The summed E-state index contributed by atoms with van der Waals surface area (Å²) in [6.07, 6.45) is 3.01. The topological polar surface area (TPSA) is 62.4 Å². The van der Waals surface area contributed by atoms with Crippen LogP contribution < -0.4 is 0 Å². The molecule has 25 heavy (non-hydrogen) atoms. The molecule has 2 saturated heterocycles. The van der Waals surface area contributed by atoms with Crippen molar-refractivity contribution in [3.05, 3.63) is 35.5 Å². The molecule has 6 rings (SSSR count). The number of ether oxygens (including phenoxy) is 1. The van der Waals surface area contributed by atoms with E-state index in [2.05, 4.69) is 22.0 Å². The third kappa shape index (κ3) is 1.87. The number of ketones is 1. The normalized spacial score (nSPS) is 33.6. The van der Waals surface area contributed by atoms with E-state index in [-0.39, 0.29) is 17.9 Å². The monoisotopic (exact) mass is 338 g/mol. The maximum absolute atomic E-state index is 13.1. The molecule has 1 aromatic carbocycles. The molecule has 1 saturated carbocycles. The van der Waals surface area contributed by atoms with Crippen LogP contribution in [0.1, 0.15) is 30.5 Å². The van der Waals surface area contributed by atoms with E-state index < -0.39 is 5.41 Å². The Morgan fingerprint density at radius 2 is 2.20 bits per heavy atom. The largest absolute Gasteiger partial charge is 0.468 e. The number of aryl methyl sites for hydroxylation is 1. The lowest BCUT2D eigenvalue weighted by molar-refractivity contribution is -0.162. The van der Waals surface area contributed by atoms with Gasteiger partial charge in [0.15, 0.2) is 0 Å². The number of aromatic amines is 1. The molecule has 1 N–H and O–H groups in total. The van der Waals surface area contributed by atoms with E-state index >= 15 is 0 Å². The highest BCUT2D eigenvalue weighted by Crippen LogP contribution is 2.51. The van der Waals surface area contributed by atoms with Crippen molar-refractivity contribution in [3.8, 4) is 0 Å². The molecule has 1 aliphatic carbocycles. The smallest absolute Gasteiger partial charge is 0.319 e. The molecule has 4 atom stereocenters. The number of aromatic nitrogens is 1. The summed E-state index contributed by atoms with van der Waals surface area (Å²) in [5.41, 5.74) is 2.55. The Morgan fingerprint density at radius 3 is 3.00 bits per heavy atom. The van der Waals surface area contributed by atoms with Gasteiger partial charge in [-0.15, -0.1) is 0 Å². The Labute approximate surface area is 146 Å². The van der Waals surface area contributed by atoms with E-state index in [4.69, 9.17) is 4.74 Å². The fourth-order valence-corrected chi connectivity index (χ4v) is 5.51. The number of fused-ring (bicyclic) bond motifs is 4. The standard InChI is InChI=1S/C20H22N2O3/c1-25-19(24)20-10-12-11-22(17(20)9-16(12)23)8-4-6-14-13-5-2-3-7-15(13)21-18(14)20/h2-3,5,7,12,17,21H,4,6,8-11H2,1H3/t12-,17?,20-/m0/s1. The van der Waals surface area contributed by atoms with Crippen LogP contribution in [0.2, 0.25) is 0 Å². The van der Waals surface area contributed by atoms with Crippen molar-refractivity contribution in [1.29, 1.82) is 0 Å². The Hall–Kier alpha value is -2.14. The average molecular weight is 338 g/mol. The van der Waals surface area contributed by atoms with Gasteiger partial charge in [-0.1, -0.05) is 18.2 Å². The van der Waals surface area contributed by atoms with Crippen molar-refractivity contribution in [1.82, 2.24) is 9.88 Å².